The average Bonchev–Trinajstić information content (AvgIpc) is 2.31. The molecule has 0 bridgehead atoms. The second kappa shape index (κ2) is 4.12. The molecule has 1 heterocycles. The van der Waals surface area contributed by atoms with Gasteiger partial charge in [-0.25, -0.2) is 4.79 Å². The van der Waals surface area contributed by atoms with E-state index >= 15 is 0 Å². The lowest BCUT2D eigenvalue weighted by atomic mass is 10.2. The topological polar surface area (TPSA) is 35.5 Å². The summed E-state index contributed by atoms with van der Waals surface area (Å²) in [5, 5.41) is 0. The lowest BCUT2D eigenvalue weighted by molar-refractivity contribution is -0.132. The number of carbonyl (C=O) groups is 1. The molecule has 0 unspecified atom stereocenters. The molecular weight excluding hydrogens is 168 g/mol. The number of rotatable bonds is 3. The molecule has 0 aromatic carbocycles. The van der Waals surface area contributed by atoms with Gasteiger partial charge in [0.05, 0.1) is 12.7 Å². The number of esters is 1. The van der Waals surface area contributed by atoms with Gasteiger partial charge >= 0.3 is 5.97 Å². The predicted octanol–water partition coefficient (Wildman–Crippen LogP) is 2.00. The van der Waals surface area contributed by atoms with Gasteiger partial charge in [-0.15, -0.1) is 0 Å². The summed E-state index contributed by atoms with van der Waals surface area (Å²) in [5.41, 5.74) is 0. The first kappa shape index (κ1) is 9.84. The smallest absolute Gasteiger partial charge is 0.340 e. The van der Waals surface area contributed by atoms with Crippen molar-refractivity contribution in [3.05, 3.63) is 23.7 Å². The summed E-state index contributed by atoms with van der Waals surface area (Å²) in [6.45, 7) is 6.44. The molecule has 3 heteroatoms. The van der Waals surface area contributed by atoms with Crippen LogP contribution in [0, 0.1) is 5.92 Å². The highest BCUT2D eigenvalue weighted by Crippen LogP contribution is 2.22. The molecule has 0 saturated carbocycles. The molecule has 0 aromatic heterocycles. The molecule has 0 spiro atoms. The number of ether oxygens (including phenoxy) is 2. The Morgan fingerprint density at radius 3 is 2.85 bits per heavy atom. The molecule has 0 atom stereocenters. The van der Waals surface area contributed by atoms with Crippen LogP contribution in [-0.4, -0.2) is 12.6 Å². The van der Waals surface area contributed by atoms with E-state index in [-0.39, 0.29) is 5.97 Å². The van der Waals surface area contributed by atoms with Crippen LogP contribution in [0.5, 0.6) is 0 Å². The molecule has 13 heavy (non-hydrogen) atoms. The van der Waals surface area contributed by atoms with E-state index in [1.165, 1.54) is 6.08 Å². The number of hydrogen-bond acceptors (Lipinski definition) is 3. The third-order valence-electron chi connectivity index (χ3n) is 1.49. The summed E-state index contributed by atoms with van der Waals surface area (Å²) in [6.07, 6.45) is 3.24. The fraction of sp³-hybridized carbons (Fsp3) is 0.500. The Labute approximate surface area is 78.0 Å². The average molecular weight is 182 g/mol. The summed E-state index contributed by atoms with van der Waals surface area (Å²) >= 11 is 0. The van der Waals surface area contributed by atoms with Crippen molar-refractivity contribution in [2.24, 2.45) is 5.92 Å². The molecule has 0 fully saturated rings. The van der Waals surface area contributed by atoms with Crippen LogP contribution in [-0.2, 0) is 14.3 Å². The van der Waals surface area contributed by atoms with E-state index in [0.29, 0.717) is 24.0 Å². The molecular formula is C10H14O3. The van der Waals surface area contributed by atoms with E-state index in [9.17, 15) is 4.79 Å². The van der Waals surface area contributed by atoms with Gasteiger partial charge in [-0.05, 0) is 18.9 Å². The van der Waals surface area contributed by atoms with Crippen molar-refractivity contribution in [2.75, 3.05) is 6.61 Å². The Morgan fingerprint density at radius 2 is 2.31 bits per heavy atom. The zero-order chi connectivity index (χ0) is 9.84. The van der Waals surface area contributed by atoms with Crippen LogP contribution in [0.3, 0.4) is 0 Å². The van der Waals surface area contributed by atoms with Crippen molar-refractivity contribution in [3.63, 3.8) is 0 Å². The Bertz CT molecular complexity index is 261. The molecule has 0 radical (unpaired) electrons. The first-order chi connectivity index (χ1) is 6.13. The number of carbonyl (C=O) groups excluding carboxylic acids is 1. The second-order valence-electron chi connectivity index (χ2n) is 3.14. The van der Waals surface area contributed by atoms with Gasteiger partial charge in [0, 0.05) is 0 Å². The quantitative estimate of drug-likeness (QED) is 0.626. The van der Waals surface area contributed by atoms with E-state index in [4.69, 9.17) is 9.47 Å². The highest BCUT2D eigenvalue weighted by atomic mass is 16.6. The SMILES string of the molecule is CCOC1=CC(=O)O/C1=C\C(C)C. The summed E-state index contributed by atoms with van der Waals surface area (Å²) in [7, 11) is 0. The molecule has 0 N–H and O–H groups in total. The van der Waals surface area contributed by atoms with Crippen molar-refractivity contribution in [1.82, 2.24) is 0 Å². The van der Waals surface area contributed by atoms with Crippen LogP contribution in [0.2, 0.25) is 0 Å². The molecule has 0 aliphatic carbocycles. The van der Waals surface area contributed by atoms with E-state index in [1.807, 2.05) is 26.8 Å². The van der Waals surface area contributed by atoms with Crippen molar-refractivity contribution in [1.29, 1.82) is 0 Å². The minimum Gasteiger partial charge on any atom is -0.490 e. The van der Waals surface area contributed by atoms with Crippen LogP contribution >= 0.6 is 0 Å². The van der Waals surface area contributed by atoms with Crippen molar-refractivity contribution < 1.29 is 14.3 Å². The highest BCUT2D eigenvalue weighted by molar-refractivity contribution is 5.87. The van der Waals surface area contributed by atoms with Crippen LogP contribution < -0.4 is 0 Å². The van der Waals surface area contributed by atoms with Crippen LogP contribution in [0.15, 0.2) is 23.7 Å². The minimum atomic E-state index is -0.352. The summed E-state index contributed by atoms with van der Waals surface area (Å²) in [6, 6.07) is 0. The first-order valence-corrected chi connectivity index (χ1v) is 4.42. The second-order valence-corrected chi connectivity index (χ2v) is 3.14. The zero-order valence-corrected chi connectivity index (χ0v) is 8.16. The summed E-state index contributed by atoms with van der Waals surface area (Å²) < 4.78 is 10.2. The number of cyclic esters (lactones) is 1. The maximum absolute atomic E-state index is 10.9. The predicted molar refractivity (Wildman–Crippen MR) is 48.7 cm³/mol. The van der Waals surface area contributed by atoms with E-state index in [1.54, 1.807) is 0 Å². The van der Waals surface area contributed by atoms with Gasteiger partial charge in [0.15, 0.2) is 11.5 Å². The van der Waals surface area contributed by atoms with Gasteiger partial charge in [0.2, 0.25) is 0 Å². The Balaban J connectivity index is 2.77. The normalized spacial score (nSPS) is 19.2. The molecule has 1 aliphatic rings. The van der Waals surface area contributed by atoms with Gasteiger partial charge in [0.1, 0.15) is 0 Å². The van der Waals surface area contributed by atoms with Crippen LogP contribution in [0.25, 0.3) is 0 Å². The molecule has 0 aromatic rings. The molecule has 0 saturated heterocycles. The van der Waals surface area contributed by atoms with E-state index in [2.05, 4.69) is 0 Å². The van der Waals surface area contributed by atoms with Crippen molar-refractivity contribution >= 4 is 5.97 Å². The fourth-order valence-corrected chi connectivity index (χ4v) is 1.05. The van der Waals surface area contributed by atoms with Gasteiger partial charge in [-0.2, -0.15) is 0 Å². The Hall–Kier alpha value is -1.25. The molecule has 3 nitrogen and oxygen atoms in total. The lowest BCUT2D eigenvalue weighted by Crippen LogP contribution is -1.96. The zero-order valence-electron chi connectivity index (χ0n) is 8.16. The van der Waals surface area contributed by atoms with Gasteiger partial charge < -0.3 is 9.47 Å². The van der Waals surface area contributed by atoms with Gasteiger partial charge in [-0.3, -0.25) is 0 Å². The Morgan fingerprint density at radius 1 is 1.62 bits per heavy atom. The first-order valence-electron chi connectivity index (χ1n) is 4.42. The Kier molecular flexibility index (Phi) is 3.12. The minimum absolute atomic E-state index is 0.338. The van der Waals surface area contributed by atoms with E-state index < -0.39 is 0 Å². The number of hydrogen-bond donors (Lipinski definition) is 0. The van der Waals surface area contributed by atoms with Gasteiger partial charge in [-0.1, -0.05) is 13.8 Å². The van der Waals surface area contributed by atoms with Crippen LogP contribution in [0.4, 0.5) is 0 Å². The summed E-state index contributed by atoms with van der Waals surface area (Å²) in [4.78, 5) is 10.9. The van der Waals surface area contributed by atoms with Crippen molar-refractivity contribution in [3.8, 4) is 0 Å². The monoisotopic (exact) mass is 182 g/mol. The molecule has 1 rings (SSSR count). The molecule has 1 aliphatic heterocycles. The highest BCUT2D eigenvalue weighted by Gasteiger charge is 2.21. The molecule has 72 valence electrons. The standard InChI is InChI=1S/C10H14O3/c1-4-12-8-6-10(11)13-9(8)5-7(2)3/h5-7H,4H2,1-3H3/b9-5-. The summed E-state index contributed by atoms with van der Waals surface area (Å²) in [5.74, 6) is 1.07. The van der Waals surface area contributed by atoms with Crippen molar-refractivity contribution in [2.45, 2.75) is 20.8 Å². The fourth-order valence-electron chi connectivity index (χ4n) is 1.05. The largest absolute Gasteiger partial charge is 0.490 e. The lowest BCUT2D eigenvalue weighted by Gasteiger charge is -2.05. The maximum Gasteiger partial charge on any atom is 0.340 e. The van der Waals surface area contributed by atoms with Crippen LogP contribution in [0.1, 0.15) is 20.8 Å². The third-order valence-corrected chi connectivity index (χ3v) is 1.49. The van der Waals surface area contributed by atoms with E-state index in [0.717, 1.165) is 0 Å². The molecule has 0 amide bonds. The third kappa shape index (κ3) is 2.61. The maximum atomic E-state index is 10.9. The van der Waals surface area contributed by atoms with Gasteiger partial charge in [0.25, 0.3) is 0 Å². The number of allylic oxidation sites excluding steroid dienone is 1.